The molecule has 1 aliphatic rings. The summed E-state index contributed by atoms with van der Waals surface area (Å²) in [6, 6.07) is 12.2. The molecule has 0 amide bonds. The fraction of sp³-hybridized carbons (Fsp3) is 0.583. The van der Waals surface area contributed by atoms with Crippen LogP contribution in [0, 0.1) is 19.3 Å². The molecule has 0 N–H and O–H groups in total. The highest BCUT2D eigenvalue weighted by atomic mass is 16.5. The molecular weight excluding hydrogens is 378 g/mol. The minimum atomic E-state index is -0.459. The van der Waals surface area contributed by atoms with Gasteiger partial charge in [0.15, 0.2) is 0 Å². The number of nitrogens with zero attached hydrogens (tertiary/aromatic N) is 3. The molecule has 1 fully saturated rings. The van der Waals surface area contributed by atoms with Crippen LogP contribution in [0.3, 0.4) is 0 Å². The average molecular weight is 414 g/mol. The van der Waals surface area contributed by atoms with Crippen LogP contribution in [-0.2, 0) is 16.1 Å². The molecule has 1 atom stereocenters. The maximum atomic E-state index is 12.9. The third kappa shape index (κ3) is 5.42. The van der Waals surface area contributed by atoms with Crippen LogP contribution in [0.25, 0.3) is 0 Å². The van der Waals surface area contributed by atoms with Gasteiger partial charge in [-0.1, -0.05) is 18.2 Å². The Morgan fingerprint density at radius 3 is 2.50 bits per heavy atom. The van der Waals surface area contributed by atoms with Crippen LogP contribution < -0.4 is 4.74 Å². The minimum Gasteiger partial charge on any atom is -0.494 e. The third-order valence-electron chi connectivity index (χ3n) is 6.22. The molecule has 2 heterocycles. The summed E-state index contributed by atoms with van der Waals surface area (Å²) in [6.45, 7) is 11.8. The first-order valence-corrected chi connectivity index (χ1v) is 11.0. The van der Waals surface area contributed by atoms with Gasteiger partial charge in [-0.25, -0.2) is 0 Å². The predicted molar refractivity (Wildman–Crippen MR) is 118 cm³/mol. The quantitative estimate of drug-likeness (QED) is 0.582. The van der Waals surface area contributed by atoms with Crippen molar-refractivity contribution in [3.05, 3.63) is 47.8 Å². The van der Waals surface area contributed by atoms with Crippen LogP contribution in [0.1, 0.15) is 44.5 Å². The maximum Gasteiger partial charge on any atom is 0.312 e. The monoisotopic (exact) mass is 413 g/mol. The smallest absolute Gasteiger partial charge is 0.312 e. The summed E-state index contributed by atoms with van der Waals surface area (Å²) in [5, 5.41) is 4.59. The van der Waals surface area contributed by atoms with Crippen molar-refractivity contribution in [2.24, 2.45) is 5.41 Å². The van der Waals surface area contributed by atoms with Crippen LogP contribution in [-0.4, -0.2) is 53.0 Å². The molecule has 2 aromatic rings. The van der Waals surface area contributed by atoms with Crippen LogP contribution in [0.4, 0.5) is 0 Å². The molecule has 6 heteroatoms. The highest BCUT2D eigenvalue weighted by molar-refractivity contribution is 5.77. The summed E-state index contributed by atoms with van der Waals surface area (Å²) in [6.07, 6.45) is 2.28. The van der Waals surface area contributed by atoms with Gasteiger partial charge < -0.3 is 9.47 Å². The molecule has 0 bridgehead atoms. The van der Waals surface area contributed by atoms with Crippen LogP contribution >= 0.6 is 0 Å². The number of benzene rings is 1. The van der Waals surface area contributed by atoms with E-state index >= 15 is 0 Å². The number of esters is 1. The fourth-order valence-corrected chi connectivity index (χ4v) is 4.34. The van der Waals surface area contributed by atoms with Crippen molar-refractivity contribution in [1.29, 1.82) is 0 Å². The Balaban J connectivity index is 1.59. The van der Waals surface area contributed by atoms with Crippen molar-refractivity contribution in [2.45, 2.75) is 59.5 Å². The Hall–Kier alpha value is -2.34. The molecule has 3 rings (SSSR count). The molecule has 0 unspecified atom stereocenters. The summed E-state index contributed by atoms with van der Waals surface area (Å²) >= 11 is 0. The number of carbonyl (C=O) groups is 1. The number of piperidine rings is 1. The molecular formula is C24H35N3O3. The number of hydrogen-bond donors (Lipinski definition) is 0. The van der Waals surface area contributed by atoms with Crippen LogP contribution in [0.15, 0.2) is 36.4 Å². The standard InChI is InChI=1S/C24H35N3O3/c1-5-29-23(28)24(13-16-30-22-9-7-6-8-10-22)11-14-26(15-12-24)21(4)18-27-20(3)17-19(2)25-27/h6-10,17,21H,5,11-16,18H2,1-4H3/t21-/m0/s1. The number of aryl methyl sites for hydroxylation is 2. The zero-order valence-corrected chi connectivity index (χ0v) is 18.8. The number of ether oxygens (including phenoxy) is 2. The first kappa shape index (κ1) is 22.3. The number of aromatic nitrogens is 2. The lowest BCUT2D eigenvalue weighted by atomic mass is 9.75. The van der Waals surface area contributed by atoms with Gasteiger partial charge >= 0.3 is 5.97 Å². The predicted octanol–water partition coefficient (Wildman–Crippen LogP) is 4.00. The van der Waals surface area contributed by atoms with Crippen molar-refractivity contribution in [3.8, 4) is 5.75 Å². The van der Waals surface area contributed by atoms with Crippen molar-refractivity contribution in [1.82, 2.24) is 14.7 Å². The largest absolute Gasteiger partial charge is 0.494 e. The van der Waals surface area contributed by atoms with E-state index in [4.69, 9.17) is 9.47 Å². The van der Waals surface area contributed by atoms with E-state index in [2.05, 4.69) is 34.6 Å². The lowest BCUT2D eigenvalue weighted by Crippen LogP contribution is -2.49. The number of rotatable bonds is 9. The highest BCUT2D eigenvalue weighted by Gasteiger charge is 2.43. The second-order valence-corrected chi connectivity index (χ2v) is 8.41. The van der Waals surface area contributed by atoms with Gasteiger partial charge in [-0.15, -0.1) is 0 Å². The minimum absolute atomic E-state index is 0.0764. The van der Waals surface area contributed by atoms with Crippen molar-refractivity contribution in [2.75, 3.05) is 26.3 Å². The molecule has 30 heavy (non-hydrogen) atoms. The lowest BCUT2D eigenvalue weighted by molar-refractivity contribution is -0.160. The second kappa shape index (κ2) is 10.1. The van der Waals surface area contributed by atoms with Gasteiger partial charge in [0.05, 0.1) is 30.9 Å². The molecule has 164 valence electrons. The highest BCUT2D eigenvalue weighted by Crippen LogP contribution is 2.37. The van der Waals surface area contributed by atoms with Crippen LogP contribution in [0.5, 0.6) is 5.75 Å². The van der Waals surface area contributed by atoms with Gasteiger partial charge in [-0.05, 0) is 78.2 Å². The van der Waals surface area contributed by atoms with E-state index in [1.807, 2.05) is 44.2 Å². The van der Waals surface area contributed by atoms with Crippen molar-refractivity contribution < 1.29 is 14.3 Å². The Morgan fingerprint density at radius 2 is 1.90 bits per heavy atom. The van der Waals surface area contributed by atoms with Crippen LogP contribution in [0.2, 0.25) is 0 Å². The molecule has 0 spiro atoms. The van der Waals surface area contributed by atoms with Gasteiger partial charge in [0, 0.05) is 11.7 Å². The zero-order valence-electron chi connectivity index (χ0n) is 18.8. The summed E-state index contributed by atoms with van der Waals surface area (Å²) in [4.78, 5) is 15.3. The summed E-state index contributed by atoms with van der Waals surface area (Å²) in [7, 11) is 0. The SMILES string of the molecule is CCOC(=O)C1(CCOc2ccccc2)CCN([C@@H](C)Cn2nc(C)cc2C)CC1. The van der Waals surface area contributed by atoms with E-state index in [1.165, 1.54) is 5.69 Å². The summed E-state index contributed by atoms with van der Waals surface area (Å²) in [5.74, 6) is 0.764. The van der Waals surface area contributed by atoms with Gasteiger partial charge in [-0.3, -0.25) is 14.4 Å². The fourth-order valence-electron chi connectivity index (χ4n) is 4.34. The van der Waals surface area contributed by atoms with Crippen molar-refractivity contribution >= 4 is 5.97 Å². The van der Waals surface area contributed by atoms with E-state index in [0.717, 1.165) is 43.9 Å². The third-order valence-corrected chi connectivity index (χ3v) is 6.22. The normalized spacial score (nSPS) is 17.5. The molecule has 0 radical (unpaired) electrons. The van der Waals surface area contributed by atoms with E-state index in [1.54, 1.807) is 0 Å². The van der Waals surface area contributed by atoms with E-state index < -0.39 is 5.41 Å². The molecule has 1 saturated heterocycles. The van der Waals surface area contributed by atoms with Gasteiger partial charge in [0.1, 0.15) is 5.75 Å². The Bertz CT molecular complexity index is 810. The van der Waals surface area contributed by atoms with E-state index in [9.17, 15) is 4.79 Å². The zero-order chi connectivity index (χ0) is 21.6. The van der Waals surface area contributed by atoms with Gasteiger partial charge in [0.25, 0.3) is 0 Å². The first-order chi connectivity index (χ1) is 14.4. The molecule has 6 nitrogen and oxygen atoms in total. The van der Waals surface area contributed by atoms with E-state index in [-0.39, 0.29) is 5.97 Å². The van der Waals surface area contributed by atoms with E-state index in [0.29, 0.717) is 25.7 Å². The Kier molecular flexibility index (Phi) is 7.53. The molecule has 0 saturated carbocycles. The number of likely N-dealkylation sites (tertiary alicyclic amines) is 1. The second-order valence-electron chi connectivity index (χ2n) is 8.41. The average Bonchev–Trinajstić information content (AvgIpc) is 3.06. The van der Waals surface area contributed by atoms with Gasteiger partial charge in [0.2, 0.25) is 0 Å². The molecule has 1 aromatic heterocycles. The number of carbonyl (C=O) groups excluding carboxylic acids is 1. The molecule has 1 aromatic carbocycles. The van der Waals surface area contributed by atoms with Crippen molar-refractivity contribution in [3.63, 3.8) is 0 Å². The topological polar surface area (TPSA) is 56.6 Å². The Morgan fingerprint density at radius 1 is 1.20 bits per heavy atom. The summed E-state index contributed by atoms with van der Waals surface area (Å²) in [5.41, 5.74) is 1.78. The Labute approximate surface area is 180 Å². The number of hydrogen-bond acceptors (Lipinski definition) is 5. The lowest BCUT2D eigenvalue weighted by Gasteiger charge is -2.42. The number of para-hydroxylation sites is 1. The molecule has 1 aliphatic heterocycles. The molecule has 0 aliphatic carbocycles. The summed E-state index contributed by atoms with van der Waals surface area (Å²) < 4.78 is 13.5. The van der Waals surface area contributed by atoms with Gasteiger partial charge in [-0.2, -0.15) is 5.10 Å². The maximum absolute atomic E-state index is 12.9. The first-order valence-electron chi connectivity index (χ1n) is 11.0.